The molecule has 0 saturated carbocycles. The van der Waals surface area contributed by atoms with E-state index in [4.69, 9.17) is 8.83 Å². The Balaban J connectivity index is 1.12. The van der Waals surface area contributed by atoms with Gasteiger partial charge in [-0.2, -0.15) is 0 Å². The Kier molecular flexibility index (Phi) is 6.18. The molecule has 2 aromatic heterocycles. The first-order valence-electron chi connectivity index (χ1n) is 16.6. The summed E-state index contributed by atoms with van der Waals surface area (Å²) < 4.78 is 12.6. The predicted octanol–water partition coefficient (Wildman–Crippen LogP) is 13.4. The number of benzene rings is 8. The SMILES string of the molecule is c1cc(-c2cccc3oc4ccccc4c23)cc(N(c2ccc(-c3cccc4c3oc3ccccc34)cc2)c2ccc3ccccc3c2)c1. The molecule has 0 saturated heterocycles. The van der Waals surface area contributed by atoms with Crippen LogP contribution >= 0.6 is 0 Å². The molecule has 8 aromatic carbocycles. The van der Waals surface area contributed by atoms with Crippen molar-refractivity contribution in [2.45, 2.75) is 0 Å². The summed E-state index contributed by atoms with van der Waals surface area (Å²) in [5, 5.41) is 6.94. The Morgan fingerprint density at radius 3 is 1.86 bits per heavy atom. The van der Waals surface area contributed by atoms with E-state index in [0.29, 0.717) is 0 Å². The molecule has 230 valence electrons. The second-order valence-corrected chi connectivity index (χ2v) is 12.5. The third-order valence-corrected chi connectivity index (χ3v) is 9.65. The minimum Gasteiger partial charge on any atom is -0.456 e. The first-order valence-corrected chi connectivity index (χ1v) is 16.6. The van der Waals surface area contributed by atoms with Crippen molar-refractivity contribution in [1.29, 1.82) is 0 Å². The van der Waals surface area contributed by atoms with Crippen LogP contribution < -0.4 is 4.90 Å². The zero-order valence-corrected chi connectivity index (χ0v) is 26.5. The van der Waals surface area contributed by atoms with Crippen LogP contribution in [0.5, 0.6) is 0 Å². The Hall–Kier alpha value is -6.58. The highest BCUT2D eigenvalue weighted by atomic mass is 16.3. The highest BCUT2D eigenvalue weighted by Crippen LogP contribution is 2.42. The van der Waals surface area contributed by atoms with Gasteiger partial charge >= 0.3 is 0 Å². The first kappa shape index (κ1) is 27.5. The molecule has 10 aromatic rings. The molecule has 0 atom stereocenters. The molecule has 2 heterocycles. The second-order valence-electron chi connectivity index (χ2n) is 12.5. The van der Waals surface area contributed by atoms with Crippen LogP contribution in [0, 0.1) is 0 Å². The van der Waals surface area contributed by atoms with Crippen molar-refractivity contribution in [2.75, 3.05) is 4.90 Å². The largest absolute Gasteiger partial charge is 0.456 e. The van der Waals surface area contributed by atoms with E-state index in [9.17, 15) is 0 Å². The summed E-state index contributed by atoms with van der Waals surface area (Å²) in [5.74, 6) is 0. The summed E-state index contributed by atoms with van der Waals surface area (Å²) in [7, 11) is 0. The Bertz CT molecular complexity index is 2840. The number of anilines is 3. The van der Waals surface area contributed by atoms with Crippen LogP contribution in [0.1, 0.15) is 0 Å². The fourth-order valence-electron chi connectivity index (χ4n) is 7.36. The standard InChI is InChI=1S/C46H29NO2/c1-2-11-32-28-36(27-22-30(32)10-1)47(34-25-23-31(24-26-34)38-17-8-18-40-39-14-3-5-19-42(39)49-46(38)40)35-13-7-12-33(29-35)37-16-9-21-44-45(37)41-15-4-6-20-43(41)48-44/h1-29H. The Morgan fingerprint density at radius 1 is 0.347 bits per heavy atom. The normalized spacial score (nSPS) is 11.7. The lowest BCUT2D eigenvalue weighted by molar-refractivity contribution is 0.669. The van der Waals surface area contributed by atoms with Gasteiger partial charge in [-0.3, -0.25) is 0 Å². The third-order valence-electron chi connectivity index (χ3n) is 9.65. The van der Waals surface area contributed by atoms with Gasteiger partial charge in [0, 0.05) is 44.2 Å². The number of para-hydroxylation sites is 3. The summed E-state index contributed by atoms with van der Waals surface area (Å²) in [6.07, 6.45) is 0. The second kappa shape index (κ2) is 11.0. The monoisotopic (exact) mass is 627 g/mol. The summed E-state index contributed by atoms with van der Waals surface area (Å²) in [6, 6.07) is 62.1. The fourth-order valence-corrected chi connectivity index (χ4v) is 7.36. The average Bonchev–Trinajstić information content (AvgIpc) is 3.74. The molecule has 10 rings (SSSR count). The smallest absolute Gasteiger partial charge is 0.143 e. The van der Waals surface area contributed by atoms with Gasteiger partial charge in [-0.05, 0) is 82.1 Å². The molecule has 0 aliphatic rings. The van der Waals surface area contributed by atoms with Crippen molar-refractivity contribution in [1.82, 2.24) is 0 Å². The van der Waals surface area contributed by atoms with Gasteiger partial charge in [0.1, 0.15) is 22.3 Å². The zero-order chi connectivity index (χ0) is 32.3. The quantitative estimate of drug-likeness (QED) is 0.190. The minimum atomic E-state index is 0.894. The summed E-state index contributed by atoms with van der Waals surface area (Å²) in [6.45, 7) is 0. The summed E-state index contributed by atoms with van der Waals surface area (Å²) in [4.78, 5) is 2.34. The average molecular weight is 628 g/mol. The molecule has 49 heavy (non-hydrogen) atoms. The number of rotatable bonds is 5. The van der Waals surface area contributed by atoms with Crippen LogP contribution in [-0.4, -0.2) is 0 Å². The van der Waals surface area contributed by atoms with E-state index in [-0.39, 0.29) is 0 Å². The van der Waals surface area contributed by atoms with Crippen LogP contribution in [0.15, 0.2) is 185 Å². The Morgan fingerprint density at radius 2 is 0.980 bits per heavy atom. The topological polar surface area (TPSA) is 29.5 Å². The lowest BCUT2D eigenvalue weighted by Crippen LogP contribution is -2.10. The highest BCUT2D eigenvalue weighted by molar-refractivity contribution is 6.13. The molecular formula is C46H29NO2. The van der Waals surface area contributed by atoms with Crippen molar-refractivity contribution in [3.8, 4) is 22.3 Å². The number of furan rings is 2. The number of hydrogen-bond acceptors (Lipinski definition) is 3. The molecule has 0 radical (unpaired) electrons. The van der Waals surface area contributed by atoms with Crippen LogP contribution in [0.4, 0.5) is 17.1 Å². The van der Waals surface area contributed by atoms with Crippen LogP contribution in [0.25, 0.3) is 76.9 Å². The van der Waals surface area contributed by atoms with Crippen molar-refractivity contribution >= 4 is 71.7 Å². The highest BCUT2D eigenvalue weighted by Gasteiger charge is 2.18. The van der Waals surface area contributed by atoms with Crippen molar-refractivity contribution in [3.05, 3.63) is 176 Å². The Labute approximate surface area is 282 Å². The van der Waals surface area contributed by atoms with E-state index >= 15 is 0 Å². The molecule has 0 aliphatic heterocycles. The van der Waals surface area contributed by atoms with Crippen LogP contribution in [0.2, 0.25) is 0 Å². The zero-order valence-electron chi connectivity index (χ0n) is 26.5. The van der Waals surface area contributed by atoms with Crippen LogP contribution in [0.3, 0.4) is 0 Å². The molecule has 0 spiro atoms. The first-order chi connectivity index (χ1) is 24.3. The van der Waals surface area contributed by atoms with Crippen molar-refractivity contribution < 1.29 is 8.83 Å². The van der Waals surface area contributed by atoms with E-state index < -0.39 is 0 Å². The predicted molar refractivity (Wildman–Crippen MR) is 204 cm³/mol. The fraction of sp³-hybridized carbons (Fsp3) is 0. The molecule has 0 amide bonds. The molecule has 3 heteroatoms. The number of fused-ring (bicyclic) bond motifs is 7. The summed E-state index contributed by atoms with van der Waals surface area (Å²) in [5.41, 5.74) is 11.3. The van der Waals surface area contributed by atoms with Crippen molar-refractivity contribution in [2.24, 2.45) is 0 Å². The molecule has 0 N–H and O–H groups in total. The van der Waals surface area contributed by atoms with Gasteiger partial charge in [-0.1, -0.05) is 121 Å². The molecule has 0 bridgehead atoms. The molecule has 0 unspecified atom stereocenters. The van der Waals surface area contributed by atoms with Gasteiger partial charge in [0.15, 0.2) is 0 Å². The van der Waals surface area contributed by atoms with E-state index in [2.05, 4.69) is 157 Å². The van der Waals surface area contributed by atoms with Gasteiger partial charge < -0.3 is 13.7 Å². The van der Waals surface area contributed by atoms with E-state index in [0.717, 1.165) is 83.2 Å². The molecule has 0 aliphatic carbocycles. The lowest BCUT2D eigenvalue weighted by Gasteiger charge is -2.26. The molecule has 0 fully saturated rings. The van der Waals surface area contributed by atoms with Gasteiger partial charge in [-0.15, -0.1) is 0 Å². The summed E-state index contributed by atoms with van der Waals surface area (Å²) >= 11 is 0. The van der Waals surface area contributed by atoms with E-state index in [1.165, 1.54) is 10.8 Å². The van der Waals surface area contributed by atoms with Gasteiger partial charge in [0.25, 0.3) is 0 Å². The van der Waals surface area contributed by atoms with Gasteiger partial charge in [0.05, 0.1) is 0 Å². The third kappa shape index (κ3) is 4.51. The minimum absolute atomic E-state index is 0.894. The maximum Gasteiger partial charge on any atom is 0.143 e. The maximum absolute atomic E-state index is 6.38. The van der Waals surface area contributed by atoms with E-state index in [1.807, 2.05) is 24.3 Å². The molecular weight excluding hydrogens is 599 g/mol. The van der Waals surface area contributed by atoms with E-state index in [1.54, 1.807) is 0 Å². The maximum atomic E-state index is 6.38. The number of nitrogens with zero attached hydrogens (tertiary/aromatic N) is 1. The molecule has 3 nitrogen and oxygen atoms in total. The number of hydrogen-bond donors (Lipinski definition) is 0. The van der Waals surface area contributed by atoms with Crippen molar-refractivity contribution in [3.63, 3.8) is 0 Å². The lowest BCUT2D eigenvalue weighted by atomic mass is 9.98. The van der Waals surface area contributed by atoms with Gasteiger partial charge in [0.2, 0.25) is 0 Å². The van der Waals surface area contributed by atoms with Crippen LogP contribution in [-0.2, 0) is 0 Å². The van der Waals surface area contributed by atoms with Gasteiger partial charge in [-0.25, -0.2) is 0 Å².